The predicted octanol–water partition coefficient (Wildman–Crippen LogP) is 6.73. The average Bonchev–Trinajstić information content (AvgIpc) is 4.13. The molecule has 0 unspecified atom stereocenters. The van der Waals surface area contributed by atoms with Crippen molar-refractivity contribution in [1.82, 2.24) is 35.7 Å². The Kier molecular flexibility index (Phi) is 15.2. The fourth-order valence-corrected chi connectivity index (χ4v) is 8.77. The van der Waals surface area contributed by atoms with Gasteiger partial charge in [-0.05, 0) is 48.9 Å². The van der Waals surface area contributed by atoms with Crippen molar-refractivity contribution in [3.63, 3.8) is 0 Å². The topological polar surface area (TPSA) is 155 Å². The Morgan fingerprint density at radius 1 is 0.694 bits per heavy atom. The highest BCUT2D eigenvalue weighted by Crippen LogP contribution is 2.42. The van der Waals surface area contributed by atoms with Gasteiger partial charge in [0.15, 0.2) is 0 Å². The van der Waals surface area contributed by atoms with Crippen molar-refractivity contribution in [3.8, 4) is 11.3 Å². The van der Waals surface area contributed by atoms with Crippen LogP contribution in [0.5, 0.6) is 0 Å². The normalized spacial score (nSPS) is 21.7. The zero-order chi connectivity index (χ0) is 43.4. The molecule has 4 aromatic rings. The number of nitrogens with zero attached hydrogens (tertiary/aromatic N) is 3. The lowest BCUT2D eigenvalue weighted by molar-refractivity contribution is -0.133. The van der Waals surface area contributed by atoms with Gasteiger partial charge in [-0.2, -0.15) is 0 Å². The lowest BCUT2D eigenvalue weighted by Gasteiger charge is -2.19. The molecule has 7 atom stereocenters. The van der Waals surface area contributed by atoms with Crippen LogP contribution in [0.4, 0.5) is 0 Å². The SMILES string of the molecule is CCCCCCNC(=O)[C@H](Cn1cnc(-c2ccc(C(=O)N3C[C@@H](C(=O)N[C@H]4C[C@@H]4c4ccccc4)[C@H](C(=O)N[C@H]4C[C@@H]4c4ccccc4)C3)cc2)c1)NC(=O)CCCCCC. The summed E-state index contributed by atoms with van der Waals surface area (Å²) in [5.74, 6) is -1.84. The number of likely N-dealkylation sites (tertiary alicyclic amines) is 1. The van der Waals surface area contributed by atoms with Crippen molar-refractivity contribution in [2.75, 3.05) is 19.6 Å². The Morgan fingerprint density at radius 3 is 1.82 bits per heavy atom. The summed E-state index contributed by atoms with van der Waals surface area (Å²) in [5.41, 5.74) is 4.25. The summed E-state index contributed by atoms with van der Waals surface area (Å²) in [6.07, 6.45) is 13.6. The van der Waals surface area contributed by atoms with Crippen LogP contribution in [0, 0.1) is 11.8 Å². The minimum atomic E-state index is -0.747. The molecule has 0 radical (unpaired) electrons. The van der Waals surface area contributed by atoms with Gasteiger partial charge < -0.3 is 30.7 Å². The minimum absolute atomic E-state index is 0.00251. The Balaban J connectivity index is 0.985. The first-order valence-electron chi connectivity index (χ1n) is 22.9. The molecule has 12 nitrogen and oxygen atoms in total. The van der Waals surface area contributed by atoms with E-state index in [1.807, 2.05) is 54.7 Å². The molecule has 1 aromatic heterocycles. The molecule has 328 valence electrons. The molecule has 2 aliphatic carbocycles. The summed E-state index contributed by atoms with van der Waals surface area (Å²) in [6, 6.07) is 26.7. The fourth-order valence-electron chi connectivity index (χ4n) is 8.77. The van der Waals surface area contributed by atoms with E-state index in [1.165, 1.54) is 11.1 Å². The number of nitrogens with one attached hydrogen (secondary N) is 4. The number of carbonyl (C=O) groups is 5. The monoisotopic (exact) mass is 841 g/mol. The van der Waals surface area contributed by atoms with E-state index in [2.05, 4.69) is 64.4 Å². The standard InChI is InChI=1S/C50H63N7O5/c1-3-5-7-15-21-46(58)53-45(49(61)51-26-16-8-6-4-2)32-56-31-44(52-33-56)36-22-24-37(25-23-36)50(62)57-29-40(47(59)54-42-27-38(42)34-17-11-9-12-18-34)41(30-57)48(60)55-43-28-39(43)35-19-13-10-14-20-35/h9-14,17-20,22-25,31,33,38-43,45H,3-8,15-16,21,26-30,32H2,1-2H3,(H,51,61)(H,53,58)(H,54,59)(H,55,60)/t38-,39-,40-,41-,42+,43+,45+/m1/s1. The minimum Gasteiger partial charge on any atom is -0.354 e. The number of rotatable bonds is 22. The summed E-state index contributed by atoms with van der Waals surface area (Å²) < 4.78 is 1.81. The highest BCUT2D eigenvalue weighted by atomic mass is 16.2. The van der Waals surface area contributed by atoms with E-state index in [1.54, 1.807) is 27.9 Å². The lowest BCUT2D eigenvalue weighted by atomic mass is 9.94. The van der Waals surface area contributed by atoms with Gasteiger partial charge in [0.1, 0.15) is 6.04 Å². The lowest BCUT2D eigenvalue weighted by Crippen LogP contribution is -2.49. The van der Waals surface area contributed by atoms with Crippen LogP contribution in [0.1, 0.15) is 118 Å². The number of carbonyl (C=O) groups excluding carboxylic acids is 5. The van der Waals surface area contributed by atoms with Crippen molar-refractivity contribution in [3.05, 3.63) is 114 Å². The zero-order valence-electron chi connectivity index (χ0n) is 36.3. The summed E-state index contributed by atoms with van der Waals surface area (Å²) in [6.45, 7) is 5.36. The van der Waals surface area contributed by atoms with Gasteiger partial charge in [-0.25, -0.2) is 4.98 Å². The average molecular weight is 842 g/mol. The van der Waals surface area contributed by atoms with E-state index >= 15 is 0 Å². The van der Waals surface area contributed by atoms with Crippen molar-refractivity contribution in [2.45, 2.75) is 121 Å². The second-order valence-corrected chi connectivity index (χ2v) is 17.5. The second kappa shape index (κ2) is 21.3. The molecule has 0 bridgehead atoms. The maximum atomic E-state index is 14.0. The number of amides is 5. The van der Waals surface area contributed by atoms with E-state index in [4.69, 9.17) is 0 Å². The van der Waals surface area contributed by atoms with Gasteiger partial charge in [-0.15, -0.1) is 0 Å². The van der Waals surface area contributed by atoms with Gasteiger partial charge in [-0.3, -0.25) is 24.0 Å². The molecule has 62 heavy (non-hydrogen) atoms. The molecule has 3 aliphatic rings. The highest BCUT2D eigenvalue weighted by Gasteiger charge is 2.49. The van der Waals surface area contributed by atoms with E-state index in [0.29, 0.717) is 24.2 Å². The van der Waals surface area contributed by atoms with Crippen LogP contribution >= 0.6 is 0 Å². The van der Waals surface area contributed by atoms with Crippen LogP contribution in [0.25, 0.3) is 11.3 Å². The molecular weight excluding hydrogens is 779 g/mol. The summed E-state index contributed by atoms with van der Waals surface area (Å²) >= 11 is 0. The van der Waals surface area contributed by atoms with Gasteiger partial charge in [0.05, 0.1) is 30.4 Å². The quantitative estimate of drug-likeness (QED) is 0.0644. The number of aromatic nitrogens is 2. The molecule has 1 saturated heterocycles. The smallest absolute Gasteiger partial charge is 0.253 e. The van der Waals surface area contributed by atoms with Crippen molar-refractivity contribution >= 4 is 29.5 Å². The third kappa shape index (κ3) is 11.8. The van der Waals surface area contributed by atoms with Crippen LogP contribution in [-0.2, 0) is 25.7 Å². The van der Waals surface area contributed by atoms with E-state index in [9.17, 15) is 24.0 Å². The van der Waals surface area contributed by atoms with E-state index < -0.39 is 17.9 Å². The zero-order valence-corrected chi connectivity index (χ0v) is 36.3. The summed E-state index contributed by atoms with van der Waals surface area (Å²) in [7, 11) is 0. The first-order chi connectivity index (χ1) is 30.2. The molecule has 0 spiro atoms. The molecule has 1 aliphatic heterocycles. The Hall–Kier alpha value is -5.78. The Morgan fingerprint density at radius 2 is 1.26 bits per heavy atom. The third-order valence-corrected chi connectivity index (χ3v) is 12.7. The van der Waals surface area contributed by atoms with Crippen LogP contribution in [0.3, 0.4) is 0 Å². The number of benzene rings is 3. The van der Waals surface area contributed by atoms with Gasteiger partial charge in [0.2, 0.25) is 23.6 Å². The van der Waals surface area contributed by atoms with Gasteiger partial charge >= 0.3 is 0 Å². The van der Waals surface area contributed by atoms with E-state index in [0.717, 1.165) is 69.8 Å². The van der Waals surface area contributed by atoms with Gasteiger partial charge in [0, 0.05) is 67.3 Å². The molecule has 2 heterocycles. The Bertz CT molecular complexity index is 2050. The molecule has 7 rings (SSSR count). The maximum Gasteiger partial charge on any atom is 0.253 e. The molecule has 2 saturated carbocycles. The first kappa shape index (κ1) is 44.3. The van der Waals surface area contributed by atoms with Crippen LogP contribution in [-0.4, -0.2) is 81.7 Å². The number of unbranched alkanes of at least 4 members (excludes halogenated alkanes) is 6. The largest absolute Gasteiger partial charge is 0.354 e. The van der Waals surface area contributed by atoms with Crippen molar-refractivity contribution in [1.29, 1.82) is 0 Å². The summed E-state index contributed by atoms with van der Waals surface area (Å²) in [5, 5.41) is 12.4. The molecule has 12 heteroatoms. The molecule has 3 aromatic carbocycles. The van der Waals surface area contributed by atoms with Crippen LogP contribution < -0.4 is 21.3 Å². The number of hydrogen-bond donors (Lipinski definition) is 4. The molecule has 4 N–H and O–H groups in total. The van der Waals surface area contributed by atoms with Gasteiger partial charge in [-0.1, -0.05) is 125 Å². The summed E-state index contributed by atoms with van der Waals surface area (Å²) in [4.78, 5) is 74.2. The molecular formula is C50H63N7O5. The highest BCUT2D eigenvalue weighted by molar-refractivity contribution is 5.97. The maximum absolute atomic E-state index is 14.0. The Labute approximate surface area is 366 Å². The van der Waals surface area contributed by atoms with Crippen LogP contribution in [0.2, 0.25) is 0 Å². The second-order valence-electron chi connectivity index (χ2n) is 17.5. The number of hydrogen-bond acceptors (Lipinski definition) is 6. The fraction of sp³-hybridized carbons (Fsp3) is 0.480. The van der Waals surface area contributed by atoms with Crippen molar-refractivity contribution < 1.29 is 24.0 Å². The predicted molar refractivity (Wildman–Crippen MR) is 240 cm³/mol. The molecule has 3 fully saturated rings. The number of imidazole rings is 1. The first-order valence-corrected chi connectivity index (χ1v) is 22.9. The third-order valence-electron chi connectivity index (χ3n) is 12.7. The van der Waals surface area contributed by atoms with E-state index in [-0.39, 0.29) is 73.1 Å². The van der Waals surface area contributed by atoms with Crippen LogP contribution in [0.15, 0.2) is 97.5 Å². The molecule has 5 amide bonds. The van der Waals surface area contributed by atoms with Gasteiger partial charge in [0.25, 0.3) is 5.91 Å². The van der Waals surface area contributed by atoms with Crippen molar-refractivity contribution in [2.24, 2.45) is 11.8 Å².